The first-order chi connectivity index (χ1) is 9.72. The highest BCUT2D eigenvalue weighted by Crippen LogP contribution is 2.52. The largest absolute Gasteiger partial charge is 0.453 e. The van der Waals surface area contributed by atoms with Crippen LogP contribution in [0.5, 0.6) is 11.5 Å². The molecule has 3 rings (SSSR count). The molecule has 0 unspecified atom stereocenters. The predicted molar refractivity (Wildman–Crippen MR) is 73.9 cm³/mol. The number of nitrogens with zero attached hydrogens (tertiary/aromatic N) is 1. The molecule has 1 aromatic carbocycles. The van der Waals surface area contributed by atoms with Gasteiger partial charge in [-0.1, -0.05) is 12.8 Å². The van der Waals surface area contributed by atoms with Crippen LogP contribution in [0.2, 0.25) is 0 Å². The minimum atomic E-state index is -0.608. The molecule has 0 aromatic heterocycles. The molecule has 0 N–H and O–H groups in total. The number of hydrogen-bond acceptors (Lipinski definition) is 5. The number of carbonyl (C=O) groups excluding carboxylic acids is 2. The topological polar surface area (TPSA) is 65.0 Å². The van der Waals surface area contributed by atoms with Crippen LogP contribution >= 0.6 is 15.9 Å². The maximum Gasteiger partial charge on any atom is 0.235 e. The fourth-order valence-corrected chi connectivity index (χ4v) is 3.50. The molecule has 1 aromatic rings. The Balaban J connectivity index is 2.24. The van der Waals surface area contributed by atoms with Crippen molar-refractivity contribution < 1.29 is 19.1 Å². The van der Waals surface area contributed by atoms with Gasteiger partial charge in [0.25, 0.3) is 0 Å². The summed E-state index contributed by atoms with van der Waals surface area (Å²) in [6, 6.07) is 1.81. The lowest BCUT2D eigenvalue weighted by Gasteiger charge is -2.24. The molecule has 0 bridgehead atoms. The smallest absolute Gasteiger partial charge is 0.235 e. The van der Waals surface area contributed by atoms with Gasteiger partial charge in [0, 0.05) is 10.0 Å². The van der Waals surface area contributed by atoms with Gasteiger partial charge in [-0.3, -0.25) is 4.79 Å². The van der Waals surface area contributed by atoms with Crippen molar-refractivity contribution in [1.29, 1.82) is 0 Å². The summed E-state index contributed by atoms with van der Waals surface area (Å²) in [5.74, 6) is 0.952. The molecule has 2 aliphatic rings. The molecule has 1 aliphatic carbocycles. The monoisotopic (exact) mass is 337 g/mol. The third-order valence-corrected chi connectivity index (χ3v) is 4.60. The van der Waals surface area contributed by atoms with E-state index in [0.29, 0.717) is 21.5 Å². The van der Waals surface area contributed by atoms with Gasteiger partial charge >= 0.3 is 0 Å². The molecule has 1 saturated carbocycles. The third-order valence-electron chi connectivity index (χ3n) is 3.94. The van der Waals surface area contributed by atoms with Gasteiger partial charge in [-0.25, -0.2) is 4.79 Å². The second-order valence-corrected chi connectivity index (χ2v) is 5.80. The van der Waals surface area contributed by atoms with Crippen molar-refractivity contribution >= 4 is 28.3 Å². The molecule has 6 heteroatoms. The summed E-state index contributed by atoms with van der Waals surface area (Å²) in [5, 5.41) is 0. The zero-order chi connectivity index (χ0) is 14.2. The molecule has 1 heterocycles. The Bertz CT molecular complexity index is 616. The number of carbonyl (C=O) groups is 1. The number of isocyanates is 1. The minimum Gasteiger partial charge on any atom is -0.453 e. The van der Waals surface area contributed by atoms with Crippen LogP contribution in [0.25, 0.3) is 0 Å². The summed E-state index contributed by atoms with van der Waals surface area (Å²) in [6.07, 6.45) is 5.94. The molecule has 0 spiro atoms. The Labute approximate surface area is 124 Å². The third kappa shape index (κ3) is 1.87. The second kappa shape index (κ2) is 5.04. The number of aliphatic imine (C=N–C) groups is 1. The van der Waals surface area contributed by atoms with Crippen molar-refractivity contribution in [2.45, 2.75) is 31.2 Å². The van der Waals surface area contributed by atoms with Gasteiger partial charge < -0.3 is 9.47 Å². The predicted octanol–water partition coefficient (Wildman–Crippen LogP) is 3.10. The highest BCUT2D eigenvalue weighted by atomic mass is 79.9. The van der Waals surface area contributed by atoms with Crippen LogP contribution in [-0.4, -0.2) is 19.2 Å². The van der Waals surface area contributed by atoms with Crippen LogP contribution < -0.4 is 9.47 Å². The zero-order valence-electron chi connectivity index (χ0n) is 10.6. The number of hydrogen-bond donors (Lipinski definition) is 0. The van der Waals surface area contributed by atoms with E-state index in [2.05, 4.69) is 20.9 Å². The Kier molecular flexibility index (Phi) is 3.36. The highest BCUT2D eigenvalue weighted by Gasteiger charge is 2.41. The molecular weight excluding hydrogens is 326 g/mol. The summed E-state index contributed by atoms with van der Waals surface area (Å²) < 4.78 is 11.5. The highest BCUT2D eigenvalue weighted by molar-refractivity contribution is 9.10. The lowest BCUT2D eigenvalue weighted by Crippen LogP contribution is -2.20. The van der Waals surface area contributed by atoms with Gasteiger partial charge in [0.2, 0.25) is 12.9 Å². The molecule has 0 atom stereocenters. The van der Waals surface area contributed by atoms with Crippen LogP contribution in [0.3, 0.4) is 0 Å². The van der Waals surface area contributed by atoms with E-state index in [1.165, 1.54) is 0 Å². The Morgan fingerprint density at radius 3 is 2.65 bits per heavy atom. The van der Waals surface area contributed by atoms with E-state index in [-0.39, 0.29) is 6.79 Å². The first-order valence-corrected chi connectivity index (χ1v) is 7.18. The molecule has 5 nitrogen and oxygen atoms in total. The number of aldehydes is 1. The van der Waals surface area contributed by atoms with Crippen molar-refractivity contribution in [1.82, 2.24) is 0 Å². The van der Waals surface area contributed by atoms with Crippen LogP contribution in [0.1, 0.15) is 41.6 Å². The summed E-state index contributed by atoms with van der Waals surface area (Å²) in [4.78, 5) is 26.0. The summed E-state index contributed by atoms with van der Waals surface area (Å²) in [6.45, 7) is 0.0700. The molecule has 20 heavy (non-hydrogen) atoms. The molecule has 104 valence electrons. The summed E-state index contributed by atoms with van der Waals surface area (Å²) in [7, 11) is 0. The van der Waals surface area contributed by atoms with E-state index in [0.717, 1.165) is 37.5 Å². The number of benzene rings is 1. The van der Waals surface area contributed by atoms with Crippen LogP contribution in [-0.2, 0) is 10.3 Å². The average Bonchev–Trinajstić information content (AvgIpc) is 3.08. The first kappa shape index (κ1) is 13.3. The maximum atomic E-state index is 11.2. The molecule has 1 fully saturated rings. The van der Waals surface area contributed by atoms with Crippen molar-refractivity contribution in [3.8, 4) is 11.5 Å². The van der Waals surface area contributed by atoms with Crippen molar-refractivity contribution in [2.75, 3.05) is 6.79 Å². The molecule has 0 radical (unpaired) electrons. The second-order valence-electron chi connectivity index (χ2n) is 4.94. The van der Waals surface area contributed by atoms with Crippen molar-refractivity contribution in [3.05, 3.63) is 21.7 Å². The Morgan fingerprint density at radius 1 is 1.30 bits per heavy atom. The van der Waals surface area contributed by atoms with E-state index in [1.54, 1.807) is 6.08 Å². The number of rotatable bonds is 3. The van der Waals surface area contributed by atoms with Crippen molar-refractivity contribution in [3.63, 3.8) is 0 Å². The normalized spacial score (nSPS) is 18.6. The molecule has 0 amide bonds. The van der Waals surface area contributed by atoms with Gasteiger partial charge in [0.15, 0.2) is 17.8 Å². The summed E-state index contributed by atoms with van der Waals surface area (Å²) >= 11 is 3.38. The lowest BCUT2D eigenvalue weighted by atomic mass is 9.87. The molecular formula is C14H12BrNO4. The summed E-state index contributed by atoms with van der Waals surface area (Å²) in [5.41, 5.74) is 0.608. The number of halogens is 1. The average molecular weight is 338 g/mol. The van der Waals surface area contributed by atoms with E-state index in [4.69, 9.17) is 9.47 Å². The van der Waals surface area contributed by atoms with Gasteiger partial charge in [0.05, 0.1) is 5.56 Å². The van der Waals surface area contributed by atoms with Crippen molar-refractivity contribution in [2.24, 2.45) is 4.99 Å². The van der Waals surface area contributed by atoms with Crippen LogP contribution in [0, 0.1) is 0 Å². The fourth-order valence-electron chi connectivity index (χ4n) is 3.00. The molecule has 0 saturated heterocycles. The molecule has 1 aliphatic heterocycles. The van der Waals surface area contributed by atoms with Gasteiger partial charge in [0.1, 0.15) is 5.54 Å². The first-order valence-electron chi connectivity index (χ1n) is 6.38. The van der Waals surface area contributed by atoms with Gasteiger partial charge in [-0.2, -0.15) is 4.99 Å². The van der Waals surface area contributed by atoms with Crippen LogP contribution in [0.15, 0.2) is 15.5 Å². The number of fused-ring (bicyclic) bond motifs is 1. The standard InChI is InChI=1S/C14H12BrNO4/c15-11-5-10(14(16-7-18)3-1-2-4-14)13-12(9(11)6-17)19-8-20-13/h5-6H,1-4,8H2. The SMILES string of the molecule is O=C=NC1(c2cc(Br)c(C=O)c3c2OCO3)CCCC1. The minimum absolute atomic E-state index is 0.0700. The van der Waals surface area contributed by atoms with E-state index in [9.17, 15) is 9.59 Å². The Morgan fingerprint density at radius 2 is 2.00 bits per heavy atom. The quantitative estimate of drug-likeness (QED) is 0.483. The van der Waals surface area contributed by atoms with Gasteiger partial charge in [-0.05, 0) is 34.8 Å². The Hall–Kier alpha value is -1.65. The fraction of sp³-hybridized carbons (Fsp3) is 0.429. The van der Waals surface area contributed by atoms with E-state index >= 15 is 0 Å². The lowest BCUT2D eigenvalue weighted by molar-refractivity contribution is 0.111. The zero-order valence-corrected chi connectivity index (χ0v) is 12.2. The number of ether oxygens (including phenoxy) is 2. The van der Waals surface area contributed by atoms with Crippen LogP contribution in [0.4, 0.5) is 0 Å². The van der Waals surface area contributed by atoms with Gasteiger partial charge in [-0.15, -0.1) is 0 Å². The van der Waals surface area contributed by atoms with E-state index < -0.39 is 5.54 Å². The van der Waals surface area contributed by atoms with E-state index in [1.807, 2.05) is 6.07 Å². The maximum absolute atomic E-state index is 11.2.